The number of amidine groups is 2. The topological polar surface area (TPSA) is 162 Å². The maximum absolute atomic E-state index is 16.1. The van der Waals surface area contributed by atoms with Gasteiger partial charge in [0, 0.05) is 40.9 Å². The van der Waals surface area contributed by atoms with Crippen LogP contribution in [0, 0.1) is 0 Å². The highest BCUT2D eigenvalue weighted by Crippen LogP contribution is 2.33. The molecule has 0 aliphatic heterocycles. The van der Waals surface area contributed by atoms with Gasteiger partial charge in [-0.25, -0.2) is 9.98 Å². The molecule has 7 rings (SSSR count). The van der Waals surface area contributed by atoms with Crippen LogP contribution in [0.25, 0.3) is 0 Å². The first-order valence-electron chi connectivity index (χ1n) is 30.2. The number of hydrogen-bond donors (Lipinski definition) is 1. The molecule has 6 fully saturated rings. The average molecular weight is 1040 g/mol. The van der Waals surface area contributed by atoms with Crippen molar-refractivity contribution in [2.75, 3.05) is 0 Å². The zero-order chi connectivity index (χ0) is 52.9. The minimum absolute atomic E-state index is 0.0172. The van der Waals surface area contributed by atoms with Gasteiger partial charge in [0.25, 0.3) is 24.1 Å². The van der Waals surface area contributed by atoms with E-state index in [9.17, 15) is 0 Å². The Balaban J connectivity index is 1.43. The lowest BCUT2D eigenvalue weighted by Gasteiger charge is -2.40. The summed E-state index contributed by atoms with van der Waals surface area (Å²) < 4.78 is 0. The van der Waals surface area contributed by atoms with E-state index < -0.39 is 6.35 Å². The van der Waals surface area contributed by atoms with Gasteiger partial charge in [0.15, 0.2) is 0 Å². The fourth-order valence-corrected chi connectivity index (χ4v) is 11.9. The molecule has 1 aromatic carbocycles. The van der Waals surface area contributed by atoms with Gasteiger partial charge in [0.2, 0.25) is 0 Å². The second kappa shape index (κ2) is 30.3. The van der Waals surface area contributed by atoms with Crippen molar-refractivity contribution in [2.24, 2.45) is 25.5 Å². The molecule has 0 saturated heterocycles. The smallest absolute Gasteiger partial charge is 0.325 e. The van der Waals surface area contributed by atoms with Crippen LogP contribution < -0.4 is 5.32 Å². The Hall–Kier alpha value is -4.66. The van der Waals surface area contributed by atoms with Crippen LogP contribution in [0.2, 0.25) is 0 Å². The predicted molar refractivity (Wildman–Crippen MR) is 301 cm³/mol. The largest absolute Gasteiger partial charge is 0.354 e. The zero-order valence-corrected chi connectivity index (χ0v) is 47.1. The molecule has 0 radical (unpaired) electrons. The molecule has 15 heteroatoms. The number of aliphatic imine (C=N–C) groups is 2. The summed E-state index contributed by atoms with van der Waals surface area (Å²) in [6.07, 6.45) is 30.4. The Morgan fingerprint density at radius 2 is 0.800 bits per heavy atom. The van der Waals surface area contributed by atoms with Crippen molar-refractivity contribution in [2.45, 2.75) is 296 Å². The van der Waals surface area contributed by atoms with Crippen LogP contribution in [0.15, 0.2) is 43.7 Å². The van der Waals surface area contributed by atoms with Gasteiger partial charge < -0.3 is 14.5 Å². The fourth-order valence-electron chi connectivity index (χ4n) is 11.9. The minimum Gasteiger partial charge on any atom is -0.354 e. The van der Waals surface area contributed by atoms with Crippen molar-refractivity contribution in [1.82, 2.24) is 20.0 Å². The third-order valence-corrected chi connectivity index (χ3v) is 17.0. The minimum atomic E-state index is -0.870. The lowest BCUT2D eigenvalue weighted by Crippen LogP contribution is -2.57. The number of carbonyl (C=O) groups excluding carboxylic acids is 3. The molecule has 15 nitrogen and oxygen atoms in total. The number of hydrogen-bond acceptors (Lipinski definition) is 12. The van der Waals surface area contributed by atoms with Gasteiger partial charge in [-0.05, 0) is 135 Å². The monoisotopic (exact) mass is 1040 g/mol. The maximum atomic E-state index is 16.1. The van der Waals surface area contributed by atoms with E-state index >= 15 is 14.4 Å². The molecular formula is C60H95N9O6. The van der Waals surface area contributed by atoms with Crippen molar-refractivity contribution < 1.29 is 28.9 Å². The lowest BCUT2D eigenvalue weighted by molar-refractivity contribution is -0.0909. The van der Waals surface area contributed by atoms with Crippen LogP contribution in [-0.4, -0.2) is 104 Å². The van der Waals surface area contributed by atoms with E-state index in [-0.39, 0.29) is 82.7 Å². The first kappa shape index (κ1) is 58.0. The molecule has 1 unspecified atom stereocenters. The third-order valence-electron chi connectivity index (χ3n) is 17.0. The number of benzene rings is 1. The molecule has 6 saturated carbocycles. The molecule has 1 atom stereocenters. The fraction of sp³-hybridized carbons (Fsp3) is 0.767. The van der Waals surface area contributed by atoms with E-state index in [1.54, 1.807) is 28.0 Å². The number of nitrogens with one attached hydrogen (secondary N) is 1. The Morgan fingerprint density at radius 3 is 1.19 bits per heavy atom. The van der Waals surface area contributed by atoms with E-state index in [0.717, 1.165) is 203 Å². The zero-order valence-electron chi connectivity index (χ0n) is 47.1. The van der Waals surface area contributed by atoms with Gasteiger partial charge in [0.1, 0.15) is 0 Å². The summed E-state index contributed by atoms with van der Waals surface area (Å²) in [4.78, 5) is 83.4. The summed E-state index contributed by atoms with van der Waals surface area (Å²) in [7, 11) is 0. The molecule has 3 amide bonds. The number of rotatable bonds is 18. The maximum Gasteiger partial charge on any atom is 0.325 e. The summed E-state index contributed by atoms with van der Waals surface area (Å²) in [6.45, 7) is 11.9. The molecule has 0 heterocycles. The Morgan fingerprint density at radius 1 is 0.467 bits per heavy atom. The number of nitrogens with zero attached hydrogens (tertiary/aromatic N) is 8. The van der Waals surface area contributed by atoms with Crippen LogP contribution in [0.1, 0.15) is 285 Å². The van der Waals surface area contributed by atoms with Crippen molar-refractivity contribution >= 4 is 46.9 Å². The highest BCUT2D eigenvalue weighted by atomic mass is 16.7. The van der Waals surface area contributed by atoms with Crippen molar-refractivity contribution in [3.8, 4) is 0 Å². The molecule has 416 valence electrons. The molecule has 0 spiro atoms. The Kier molecular flexibility index (Phi) is 23.5. The van der Waals surface area contributed by atoms with Crippen LogP contribution in [-0.2, 0) is 14.5 Å². The van der Waals surface area contributed by atoms with E-state index in [1.165, 1.54) is 6.42 Å². The number of oxime groups is 3. The summed E-state index contributed by atoms with van der Waals surface area (Å²) in [6, 6.07) is 4.99. The highest BCUT2D eigenvalue weighted by Gasteiger charge is 2.40. The van der Waals surface area contributed by atoms with Crippen molar-refractivity contribution in [3.05, 3.63) is 34.9 Å². The summed E-state index contributed by atoms with van der Waals surface area (Å²) in [5.74, 6) is -1.06. The molecule has 1 aromatic rings. The SMILES string of the molecule is CC/C(C)=N/O/C(=N\C1CCCCC1)N(C(=O)c1cc(C(=O)N(/C(=N/C2CCCCC2)O/N=C(\C)CC)C2CCCCC2)cc(C(=O)N(C2CCCCC2)C(NC2CCCCC2)O/N=C(\C)CC)c1)C1CCCCC1. The van der Waals surface area contributed by atoms with Crippen LogP contribution >= 0.6 is 0 Å². The van der Waals surface area contributed by atoms with Crippen molar-refractivity contribution in [3.63, 3.8) is 0 Å². The molecular weight excluding hydrogens is 943 g/mol. The quantitative estimate of drug-likeness (QED) is 0.0662. The molecule has 0 aromatic heterocycles. The Labute approximate surface area is 450 Å². The Bertz CT molecular complexity index is 2030. The van der Waals surface area contributed by atoms with Gasteiger partial charge in [0.05, 0.1) is 29.2 Å². The summed E-state index contributed by atoms with van der Waals surface area (Å²) >= 11 is 0. The number of carbonyl (C=O) groups is 3. The molecule has 75 heavy (non-hydrogen) atoms. The van der Waals surface area contributed by atoms with E-state index in [0.29, 0.717) is 19.3 Å². The van der Waals surface area contributed by atoms with Crippen molar-refractivity contribution in [1.29, 1.82) is 0 Å². The standard InChI is InChI=1S/C60H95N9O6/c1-7-43(4)64-73-58(61-49-28-16-10-17-29-49)67(52-34-22-13-23-35-52)55(70)46-40-47(56(71)68(53-36-24-14-25-37-53)59(74-65-44(5)8-2)62-50-30-18-11-19-31-50)42-48(41-46)57(72)69(54-38-26-15-27-39-54)60(75-66-45(6)9-3)63-51-32-20-12-21-33-51/h40-42,49-54,58,61H,7-39H2,1-6H3/b62-59-,63-60-,64-43+,65-44+,66-45+. The number of amides is 3. The van der Waals surface area contributed by atoms with Gasteiger partial charge in [-0.1, -0.05) is 152 Å². The van der Waals surface area contributed by atoms with E-state index in [4.69, 9.17) is 24.5 Å². The average Bonchev–Trinajstić information content (AvgIpc) is 3.46. The summed E-state index contributed by atoms with van der Waals surface area (Å²) in [5, 5.41) is 17.5. The summed E-state index contributed by atoms with van der Waals surface area (Å²) in [5.41, 5.74) is 3.05. The van der Waals surface area contributed by atoms with Crippen LogP contribution in [0.4, 0.5) is 0 Å². The second-order valence-corrected chi connectivity index (χ2v) is 22.8. The van der Waals surface area contributed by atoms with Crippen LogP contribution in [0.3, 0.4) is 0 Å². The molecule has 6 aliphatic carbocycles. The second-order valence-electron chi connectivity index (χ2n) is 22.8. The van der Waals surface area contributed by atoms with Gasteiger partial charge in [-0.2, -0.15) is 0 Å². The van der Waals surface area contributed by atoms with E-state index in [1.807, 2.05) is 46.4 Å². The molecule has 1 N–H and O–H groups in total. The van der Waals surface area contributed by atoms with E-state index in [2.05, 4.69) is 20.8 Å². The first-order valence-corrected chi connectivity index (χ1v) is 30.2. The molecule has 0 bridgehead atoms. The first-order chi connectivity index (χ1) is 36.6. The molecule has 6 aliphatic rings. The van der Waals surface area contributed by atoms with Crippen LogP contribution in [0.5, 0.6) is 0 Å². The van der Waals surface area contributed by atoms with Gasteiger partial charge >= 0.3 is 12.0 Å². The van der Waals surface area contributed by atoms with Gasteiger partial charge in [-0.3, -0.25) is 34.4 Å². The highest BCUT2D eigenvalue weighted by molar-refractivity contribution is 6.11. The third kappa shape index (κ3) is 16.9. The normalized spacial score (nSPS) is 21.9. The lowest BCUT2D eigenvalue weighted by atomic mass is 9.92. The van der Waals surface area contributed by atoms with Gasteiger partial charge in [-0.15, -0.1) is 0 Å². The predicted octanol–water partition coefficient (Wildman–Crippen LogP) is 14.0.